The maximum atomic E-state index is 12.9. The summed E-state index contributed by atoms with van der Waals surface area (Å²) >= 11 is 0. The fourth-order valence-corrected chi connectivity index (χ4v) is 5.62. The summed E-state index contributed by atoms with van der Waals surface area (Å²) in [5.41, 5.74) is 0.372. The molecular formula is C22H30F3N3O4S. The Bertz CT molecular complexity index is 925. The van der Waals surface area contributed by atoms with Crippen LogP contribution in [-0.2, 0) is 19.6 Å². The quantitative estimate of drug-likeness (QED) is 0.700. The van der Waals surface area contributed by atoms with Crippen LogP contribution >= 0.6 is 0 Å². The van der Waals surface area contributed by atoms with Crippen molar-refractivity contribution in [3.63, 3.8) is 0 Å². The molecule has 0 radical (unpaired) electrons. The highest BCUT2D eigenvalue weighted by molar-refractivity contribution is 7.89. The molecule has 184 valence electrons. The van der Waals surface area contributed by atoms with Crippen LogP contribution < -0.4 is 9.62 Å². The van der Waals surface area contributed by atoms with Gasteiger partial charge in [-0.15, -0.1) is 0 Å². The SMILES string of the molecule is O=C1CN(C(=O)C(F)(F)F)CCN1c1ccc(S(=O)(=O)NC2CCCCCCCCC2)cc1. The van der Waals surface area contributed by atoms with Gasteiger partial charge < -0.3 is 9.80 Å². The molecule has 1 N–H and O–H groups in total. The van der Waals surface area contributed by atoms with E-state index in [1.807, 2.05) is 0 Å². The fraction of sp³-hybridized carbons (Fsp3) is 0.636. The second kappa shape index (κ2) is 10.9. The van der Waals surface area contributed by atoms with Gasteiger partial charge >= 0.3 is 12.1 Å². The van der Waals surface area contributed by atoms with Crippen molar-refractivity contribution >= 4 is 27.5 Å². The number of rotatable bonds is 4. The molecule has 2 fully saturated rings. The Kier molecular flexibility index (Phi) is 8.38. The van der Waals surface area contributed by atoms with E-state index >= 15 is 0 Å². The van der Waals surface area contributed by atoms with Crippen LogP contribution in [0.4, 0.5) is 18.9 Å². The summed E-state index contributed by atoms with van der Waals surface area (Å²) in [4.78, 5) is 25.5. The van der Waals surface area contributed by atoms with Gasteiger partial charge in [0.25, 0.3) is 0 Å². The van der Waals surface area contributed by atoms with E-state index in [1.165, 1.54) is 48.4 Å². The average Bonchev–Trinajstić information content (AvgIpc) is 2.77. The van der Waals surface area contributed by atoms with Crippen molar-refractivity contribution in [3.8, 4) is 0 Å². The molecule has 0 aromatic heterocycles. The maximum absolute atomic E-state index is 12.9. The van der Waals surface area contributed by atoms with Crippen LogP contribution in [0.5, 0.6) is 0 Å². The number of benzene rings is 1. The first kappa shape index (κ1) is 25.5. The summed E-state index contributed by atoms with van der Waals surface area (Å²) in [5, 5.41) is 0. The molecule has 1 aromatic carbocycles. The van der Waals surface area contributed by atoms with Crippen molar-refractivity contribution in [2.45, 2.75) is 74.9 Å². The Morgan fingerprint density at radius 2 is 1.45 bits per heavy atom. The molecule has 2 aliphatic rings. The Balaban J connectivity index is 1.63. The number of nitrogens with one attached hydrogen (secondary N) is 1. The van der Waals surface area contributed by atoms with Gasteiger partial charge in [0.15, 0.2) is 0 Å². The number of carbonyl (C=O) groups is 2. The third kappa shape index (κ3) is 6.92. The molecule has 3 rings (SSSR count). The first-order valence-corrected chi connectivity index (χ1v) is 12.8. The molecule has 0 atom stereocenters. The number of halogens is 3. The zero-order valence-electron chi connectivity index (χ0n) is 18.4. The second-order valence-corrected chi connectivity index (χ2v) is 10.3. The topological polar surface area (TPSA) is 86.8 Å². The van der Waals surface area contributed by atoms with Gasteiger partial charge in [-0.2, -0.15) is 13.2 Å². The van der Waals surface area contributed by atoms with E-state index < -0.39 is 34.6 Å². The van der Waals surface area contributed by atoms with Gasteiger partial charge in [0.2, 0.25) is 15.9 Å². The standard InChI is InChI=1S/C22H30F3N3O4S/c23-22(24,25)21(30)27-14-15-28(20(29)16-27)18-10-12-19(13-11-18)33(31,32)26-17-8-6-4-2-1-3-5-7-9-17/h10-13,17,26H,1-9,14-16H2. The molecular weight excluding hydrogens is 459 g/mol. The largest absolute Gasteiger partial charge is 0.471 e. The van der Waals surface area contributed by atoms with Crippen LogP contribution in [0.15, 0.2) is 29.2 Å². The summed E-state index contributed by atoms with van der Waals surface area (Å²) in [7, 11) is -3.74. The number of hydrogen-bond donors (Lipinski definition) is 1. The smallest absolute Gasteiger partial charge is 0.324 e. The number of carbonyl (C=O) groups excluding carboxylic acids is 2. The highest BCUT2D eigenvalue weighted by atomic mass is 32.2. The van der Waals surface area contributed by atoms with Gasteiger partial charge in [-0.25, -0.2) is 13.1 Å². The van der Waals surface area contributed by atoms with Crippen molar-refractivity contribution in [1.29, 1.82) is 0 Å². The van der Waals surface area contributed by atoms with Crippen molar-refractivity contribution in [2.24, 2.45) is 0 Å². The maximum Gasteiger partial charge on any atom is 0.471 e. The average molecular weight is 490 g/mol. The number of anilines is 1. The summed E-state index contributed by atoms with van der Waals surface area (Å²) in [6.07, 6.45) is 4.33. The Labute approximate surface area is 192 Å². The molecule has 0 unspecified atom stereocenters. The number of hydrogen-bond acceptors (Lipinski definition) is 4. The first-order valence-electron chi connectivity index (χ1n) is 11.4. The third-order valence-corrected chi connectivity index (χ3v) is 7.67. The molecule has 2 amide bonds. The van der Waals surface area contributed by atoms with E-state index in [2.05, 4.69) is 4.72 Å². The Morgan fingerprint density at radius 3 is 1.97 bits per heavy atom. The van der Waals surface area contributed by atoms with Gasteiger partial charge in [0.05, 0.1) is 4.90 Å². The van der Waals surface area contributed by atoms with Gasteiger partial charge in [0, 0.05) is 24.8 Å². The number of alkyl halides is 3. The summed E-state index contributed by atoms with van der Waals surface area (Å²) in [6, 6.07) is 5.58. The first-order chi connectivity index (χ1) is 15.6. The second-order valence-electron chi connectivity index (χ2n) is 8.63. The molecule has 1 heterocycles. The Morgan fingerprint density at radius 1 is 0.909 bits per heavy atom. The summed E-state index contributed by atoms with van der Waals surface area (Å²) in [5.74, 6) is -2.70. The minimum absolute atomic E-state index is 0.0710. The molecule has 7 nitrogen and oxygen atoms in total. The van der Waals surface area contributed by atoms with E-state index in [9.17, 15) is 31.2 Å². The third-order valence-electron chi connectivity index (χ3n) is 6.14. The van der Waals surface area contributed by atoms with E-state index in [0.29, 0.717) is 10.6 Å². The number of sulfonamides is 1. The zero-order chi connectivity index (χ0) is 24.1. The van der Waals surface area contributed by atoms with Crippen LogP contribution in [0.1, 0.15) is 57.8 Å². The van der Waals surface area contributed by atoms with Gasteiger partial charge in [-0.3, -0.25) is 9.59 Å². The molecule has 11 heteroatoms. The molecule has 1 aromatic rings. The number of nitrogens with zero attached hydrogens (tertiary/aromatic N) is 2. The van der Waals surface area contributed by atoms with Crippen molar-refractivity contribution in [2.75, 3.05) is 24.5 Å². The lowest BCUT2D eigenvalue weighted by atomic mass is 9.98. The molecule has 33 heavy (non-hydrogen) atoms. The lowest BCUT2D eigenvalue weighted by Gasteiger charge is -2.34. The predicted molar refractivity (Wildman–Crippen MR) is 117 cm³/mol. The minimum Gasteiger partial charge on any atom is -0.324 e. The van der Waals surface area contributed by atoms with Crippen LogP contribution in [0.3, 0.4) is 0 Å². The van der Waals surface area contributed by atoms with Crippen molar-refractivity contribution < 1.29 is 31.2 Å². The van der Waals surface area contributed by atoms with E-state index in [0.717, 1.165) is 38.5 Å². The molecule has 1 aliphatic heterocycles. The monoisotopic (exact) mass is 489 g/mol. The normalized spacial score (nSPS) is 20.0. The van der Waals surface area contributed by atoms with E-state index in [1.54, 1.807) is 0 Å². The minimum atomic E-state index is -5.03. The van der Waals surface area contributed by atoms with Crippen LogP contribution in [0.25, 0.3) is 0 Å². The summed E-state index contributed by atoms with van der Waals surface area (Å²) < 4.78 is 66.4. The fourth-order valence-electron chi connectivity index (χ4n) is 4.32. The van der Waals surface area contributed by atoms with Crippen LogP contribution in [-0.4, -0.2) is 57.0 Å². The van der Waals surface area contributed by atoms with Gasteiger partial charge in [0.1, 0.15) is 6.54 Å². The van der Waals surface area contributed by atoms with Gasteiger partial charge in [-0.1, -0.05) is 44.9 Å². The highest BCUT2D eigenvalue weighted by Gasteiger charge is 2.44. The van der Waals surface area contributed by atoms with Crippen molar-refractivity contribution in [1.82, 2.24) is 9.62 Å². The number of piperazine rings is 1. The lowest BCUT2D eigenvalue weighted by molar-refractivity contribution is -0.186. The number of amides is 2. The highest BCUT2D eigenvalue weighted by Crippen LogP contribution is 2.24. The van der Waals surface area contributed by atoms with E-state index in [-0.39, 0.29) is 24.0 Å². The Hall–Kier alpha value is -2.14. The predicted octanol–water partition coefficient (Wildman–Crippen LogP) is 3.60. The molecule has 0 bridgehead atoms. The van der Waals surface area contributed by atoms with Crippen molar-refractivity contribution in [3.05, 3.63) is 24.3 Å². The molecule has 1 saturated carbocycles. The van der Waals surface area contributed by atoms with Gasteiger partial charge in [-0.05, 0) is 37.1 Å². The lowest BCUT2D eigenvalue weighted by Crippen LogP contribution is -2.55. The van der Waals surface area contributed by atoms with Crippen LogP contribution in [0, 0.1) is 0 Å². The molecule has 0 spiro atoms. The summed E-state index contributed by atoms with van der Waals surface area (Å²) in [6.45, 7) is -1.04. The van der Waals surface area contributed by atoms with Crippen LogP contribution in [0.2, 0.25) is 0 Å². The molecule has 1 saturated heterocycles. The van der Waals surface area contributed by atoms with E-state index in [4.69, 9.17) is 0 Å². The molecule has 1 aliphatic carbocycles. The zero-order valence-corrected chi connectivity index (χ0v) is 19.3.